The molecule has 0 aliphatic rings. The van der Waals surface area contributed by atoms with Crippen LogP contribution in [0.3, 0.4) is 0 Å². The van der Waals surface area contributed by atoms with E-state index in [9.17, 15) is 19.7 Å². The lowest BCUT2D eigenvalue weighted by Gasteiger charge is -2.07. The molecule has 0 saturated heterocycles. The molecule has 2 heterocycles. The Morgan fingerprint density at radius 3 is 2.92 bits per heavy atom. The highest BCUT2D eigenvalue weighted by molar-refractivity contribution is 7.15. The van der Waals surface area contributed by atoms with Crippen LogP contribution in [-0.4, -0.2) is 26.8 Å². The van der Waals surface area contributed by atoms with Crippen molar-refractivity contribution in [2.45, 2.75) is 13.3 Å². The Labute approximate surface area is 156 Å². The predicted molar refractivity (Wildman–Crippen MR) is 98.2 cm³/mol. The number of rotatable bonds is 5. The van der Waals surface area contributed by atoms with E-state index in [1.54, 1.807) is 6.92 Å². The number of nitro groups is 1. The van der Waals surface area contributed by atoms with E-state index >= 15 is 0 Å². The molecule has 26 heavy (non-hydrogen) atoms. The minimum absolute atomic E-state index is 0.0329. The van der Waals surface area contributed by atoms with Crippen LogP contribution in [0.15, 0.2) is 34.4 Å². The molecule has 0 spiro atoms. The SMILES string of the molecule is Cc1cc(=O)n2c(CCNC(=O)c3cc([N+](=O)[O-])ccc3Cl)csc2n1. The average molecular weight is 393 g/mol. The maximum absolute atomic E-state index is 12.2. The lowest BCUT2D eigenvalue weighted by atomic mass is 10.2. The molecule has 0 radical (unpaired) electrons. The average Bonchev–Trinajstić information content (AvgIpc) is 2.98. The maximum Gasteiger partial charge on any atom is 0.270 e. The van der Waals surface area contributed by atoms with Gasteiger partial charge in [-0.1, -0.05) is 11.6 Å². The smallest absolute Gasteiger partial charge is 0.270 e. The lowest BCUT2D eigenvalue weighted by molar-refractivity contribution is -0.384. The van der Waals surface area contributed by atoms with Gasteiger partial charge in [0.25, 0.3) is 17.2 Å². The maximum atomic E-state index is 12.2. The monoisotopic (exact) mass is 392 g/mol. The summed E-state index contributed by atoms with van der Waals surface area (Å²) in [5.74, 6) is -0.514. The lowest BCUT2D eigenvalue weighted by Crippen LogP contribution is -2.27. The fourth-order valence-electron chi connectivity index (χ4n) is 2.46. The van der Waals surface area contributed by atoms with Gasteiger partial charge in [-0.05, 0) is 13.0 Å². The van der Waals surface area contributed by atoms with Gasteiger partial charge in [0.05, 0.1) is 15.5 Å². The number of carbonyl (C=O) groups excluding carboxylic acids is 1. The molecule has 0 saturated carbocycles. The summed E-state index contributed by atoms with van der Waals surface area (Å²) in [6.45, 7) is 1.99. The molecular weight excluding hydrogens is 380 g/mol. The van der Waals surface area contributed by atoms with Crippen molar-refractivity contribution in [2.75, 3.05) is 6.54 Å². The summed E-state index contributed by atoms with van der Waals surface area (Å²) in [5, 5.41) is 15.4. The number of nitrogens with one attached hydrogen (secondary N) is 1. The van der Waals surface area contributed by atoms with Gasteiger partial charge >= 0.3 is 0 Å². The van der Waals surface area contributed by atoms with E-state index in [1.807, 2.05) is 5.38 Å². The Bertz CT molecular complexity index is 1080. The Kier molecular flexibility index (Phi) is 5.01. The van der Waals surface area contributed by atoms with Gasteiger partial charge in [-0.15, -0.1) is 11.3 Å². The third kappa shape index (κ3) is 3.58. The van der Waals surface area contributed by atoms with Crippen LogP contribution in [0.4, 0.5) is 5.69 Å². The number of nitro benzene ring substituents is 1. The van der Waals surface area contributed by atoms with Crippen molar-refractivity contribution in [2.24, 2.45) is 0 Å². The molecule has 134 valence electrons. The minimum Gasteiger partial charge on any atom is -0.352 e. The van der Waals surface area contributed by atoms with Crippen molar-refractivity contribution < 1.29 is 9.72 Å². The van der Waals surface area contributed by atoms with Crippen molar-refractivity contribution in [1.82, 2.24) is 14.7 Å². The standard InChI is InChI=1S/C16H13ClN4O4S/c1-9-6-14(22)20-11(8-26-16(20)19-9)4-5-18-15(23)12-7-10(21(24)25)2-3-13(12)17/h2-3,6-8H,4-5H2,1H3,(H,18,23). The summed E-state index contributed by atoms with van der Waals surface area (Å²) in [7, 11) is 0. The van der Waals surface area contributed by atoms with E-state index in [4.69, 9.17) is 11.6 Å². The van der Waals surface area contributed by atoms with Crippen LogP contribution in [0.1, 0.15) is 21.7 Å². The summed E-state index contributed by atoms with van der Waals surface area (Å²) in [5.41, 5.74) is 1.03. The van der Waals surface area contributed by atoms with Gasteiger partial charge in [0.1, 0.15) is 0 Å². The first-order valence-electron chi connectivity index (χ1n) is 7.56. The second-order valence-corrected chi connectivity index (χ2v) is 6.75. The molecule has 0 fully saturated rings. The Balaban J connectivity index is 1.73. The first kappa shape index (κ1) is 18.0. The molecule has 0 aliphatic carbocycles. The molecule has 2 aromatic heterocycles. The third-order valence-electron chi connectivity index (χ3n) is 3.68. The van der Waals surface area contributed by atoms with Gasteiger partial charge in [-0.2, -0.15) is 0 Å². The van der Waals surface area contributed by atoms with E-state index in [-0.39, 0.29) is 28.4 Å². The number of thiazole rings is 1. The molecule has 0 aliphatic heterocycles. The molecule has 0 bridgehead atoms. The molecule has 1 amide bonds. The molecular formula is C16H13ClN4O4S. The van der Waals surface area contributed by atoms with Gasteiger partial charge in [0.15, 0.2) is 4.96 Å². The van der Waals surface area contributed by atoms with Crippen LogP contribution < -0.4 is 10.9 Å². The van der Waals surface area contributed by atoms with E-state index in [1.165, 1.54) is 33.9 Å². The fraction of sp³-hybridized carbons (Fsp3) is 0.188. The number of non-ortho nitro benzene ring substituents is 1. The zero-order valence-electron chi connectivity index (χ0n) is 13.6. The molecule has 1 aromatic carbocycles. The van der Waals surface area contributed by atoms with Crippen molar-refractivity contribution >= 4 is 39.5 Å². The van der Waals surface area contributed by atoms with E-state index in [0.29, 0.717) is 17.1 Å². The van der Waals surface area contributed by atoms with E-state index < -0.39 is 10.8 Å². The third-order valence-corrected chi connectivity index (χ3v) is 4.88. The molecule has 0 unspecified atom stereocenters. The minimum atomic E-state index is -0.591. The van der Waals surface area contributed by atoms with Crippen molar-refractivity contribution in [1.29, 1.82) is 0 Å². The van der Waals surface area contributed by atoms with Gasteiger partial charge < -0.3 is 5.32 Å². The Hall–Kier alpha value is -2.78. The van der Waals surface area contributed by atoms with Crippen LogP contribution in [0.2, 0.25) is 5.02 Å². The second-order valence-electron chi connectivity index (χ2n) is 5.51. The molecule has 0 atom stereocenters. The highest BCUT2D eigenvalue weighted by Gasteiger charge is 2.16. The Morgan fingerprint density at radius 2 is 2.19 bits per heavy atom. The summed E-state index contributed by atoms with van der Waals surface area (Å²) in [6, 6.07) is 5.13. The van der Waals surface area contributed by atoms with Crippen LogP contribution in [0.25, 0.3) is 4.96 Å². The number of carbonyl (C=O) groups is 1. The molecule has 8 nitrogen and oxygen atoms in total. The summed E-state index contributed by atoms with van der Waals surface area (Å²) in [6.07, 6.45) is 0.406. The predicted octanol–water partition coefficient (Wildman–Crippen LogP) is 2.60. The number of hydrogen-bond donors (Lipinski definition) is 1. The van der Waals surface area contributed by atoms with Gasteiger partial charge in [-0.25, -0.2) is 4.98 Å². The van der Waals surface area contributed by atoms with E-state index in [0.717, 1.165) is 11.8 Å². The first-order chi connectivity index (χ1) is 12.4. The Morgan fingerprint density at radius 1 is 1.42 bits per heavy atom. The zero-order chi connectivity index (χ0) is 18.8. The molecule has 3 rings (SSSR count). The quantitative estimate of drug-likeness (QED) is 0.530. The van der Waals surface area contributed by atoms with Gasteiger partial charge in [0.2, 0.25) is 0 Å². The number of fused-ring (bicyclic) bond motifs is 1. The fourth-order valence-corrected chi connectivity index (χ4v) is 3.64. The molecule has 3 aromatic rings. The van der Waals surface area contributed by atoms with Crippen molar-refractivity contribution in [3.05, 3.63) is 72.1 Å². The van der Waals surface area contributed by atoms with Gasteiger partial charge in [-0.3, -0.25) is 24.1 Å². The first-order valence-corrected chi connectivity index (χ1v) is 8.81. The number of nitrogens with zero attached hydrogens (tertiary/aromatic N) is 3. The highest BCUT2D eigenvalue weighted by atomic mass is 35.5. The van der Waals surface area contributed by atoms with Crippen molar-refractivity contribution in [3.8, 4) is 0 Å². The van der Waals surface area contributed by atoms with Gasteiger partial charge in [0, 0.05) is 47.9 Å². The summed E-state index contributed by atoms with van der Waals surface area (Å²) >= 11 is 7.30. The molecule has 10 heteroatoms. The largest absolute Gasteiger partial charge is 0.352 e. The van der Waals surface area contributed by atoms with Crippen LogP contribution in [-0.2, 0) is 6.42 Å². The van der Waals surface area contributed by atoms with Crippen LogP contribution >= 0.6 is 22.9 Å². The zero-order valence-corrected chi connectivity index (χ0v) is 15.1. The number of aromatic nitrogens is 2. The number of hydrogen-bond acceptors (Lipinski definition) is 6. The summed E-state index contributed by atoms with van der Waals surface area (Å²) in [4.78, 5) is 39.5. The topological polar surface area (TPSA) is 107 Å². The number of benzene rings is 1. The van der Waals surface area contributed by atoms with E-state index in [2.05, 4.69) is 10.3 Å². The summed E-state index contributed by atoms with van der Waals surface area (Å²) < 4.78 is 1.50. The molecule has 1 N–H and O–H groups in total. The number of aryl methyl sites for hydroxylation is 1. The van der Waals surface area contributed by atoms with Crippen LogP contribution in [0, 0.1) is 17.0 Å². The second kappa shape index (κ2) is 7.22. The number of amides is 1. The highest BCUT2D eigenvalue weighted by Crippen LogP contribution is 2.22. The number of halogens is 1. The normalized spacial score (nSPS) is 10.8. The van der Waals surface area contributed by atoms with Crippen LogP contribution in [0.5, 0.6) is 0 Å². The van der Waals surface area contributed by atoms with Crippen molar-refractivity contribution in [3.63, 3.8) is 0 Å².